The molecule has 10 heteroatoms. The van der Waals surface area contributed by atoms with Gasteiger partial charge in [0.15, 0.2) is 15.0 Å². The molecule has 2 heterocycles. The van der Waals surface area contributed by atoms with Crippen molar-refractivity contribution in [3.8, 4) is 0 Å². The van der Waals surface area contributed by atoms with Crippen LogP contribution in [0.2, 0.25) is 0 Å². The van der Waals surface area contributed by atoms with Crippen LogP contribution in [0.4, 0.5) is 10.1 Å². The highest BCUT2D eigenvalue weighted by Gasteiger charge is 2.49. The molecule has 0 aromatic heterocycles. The lowest BCUT2D eigenvalue weighted by atomic mass is 10.1. The molecule has 1 aromatic rings. The fraction of sp³-hybridized carbons (Fsp3) is 0.471. The van der Waals surface area contributed by atoms with Gasteiger partial charge in [0.05, 0.1) is 17.5 Å². The Morgan fingerprint density at radius 2 is 2.07 bits per heavy atom. The first kappa shape index (κ1) is 19.8. The number of hydrogen-bond acceptors (Lipinski definition) is 5. The van der Waals surface area contributed by atoms with Gasteiger partial charge in [0, 0.05) is 23.8 Å². The summed E-state index contributed by atoms with van der Waals surface area (Å²) in [6.07, 6.45) is 0.0379. The van der Waals surface area contributed by atoms with Crippen molar-refractivity contribution in [2.75, 3.05) is 16.4 Å². The number of aryl methyl sites for hydroxylation is 1. The quantitative estimate of drug-likeness (QED) is 0.786. The summed E-state index contributed by atoms with van der Waals surface area (Å²) in [4.78, 5) is 28.4. The second-order valence-corrected chi connectivity index (χ2v) is 10.00. The van der Waals surface area contributed by atoms with E-state index in [4.69, 9.17) is 5.11 Å². The average molecular weight is 414 g/mol. The smallest absolute Gasteiger partial charge is 0.303 e. The number of amidine groups is 1. The molecule has 1 aromatic carbocycles. The summed E-state index contributed by atoms with van der Waals surface area (Å²) in [7, 11) is -3.20. The van der Waals surface area contributed by atoms with Gasteiger partial charge in [-0.2, -0.15) is 4.99 Å². The van der Waals surface area contributed by atoms with E-state index in [1.807, 2.05) is 0 Å². The van der Waals surface area contributed by atoms with E-state index in [-0.39, 0.29) is 36.0 Å². The lowest BCUT2D eigenvalue weighted by Crippen LogP contribution is -2.37. The van der Waals surface area contributed by atoms with E-state index in [1.165, 1.54) is 17.8 Å². The number of hydrogen-bond donors (Lipinski definition) is 1. The lowest BCUT2D eigenvalue weighted by Gasteiger charge is -2.24. The minimum atomic E-state index is -3.20. The first-order valence-corrected chi connectivity index (χ1v) is 11.1. The van der Waals surface area contributed by atoms with E-state index >= 15 is 0 Å². The van der Waals surface area contributed by atoms with Gasteiger partial charge in [0.1, 0.15) is 5.82 Å². The summed E-state index contributed by atoms with van der Waals surface area (Å²) in [5.41, 5.74) is 0.914. The number of aliphatic imine (C=N–C) groups is 1. The Morgan fingerprint density at radius 3 is 2.74 bits per heavy atom. The van der Waals surface area contributed by atoms with Gasteiger partial charge in [-0.25, -0.2) is 12.8 Å². The summed E-state index contributed by atoms with van der Waals surface area (Å²) < 4.78 is 38.0. The summed E-state index contributed by atoms with van der Waals surface area (Å²) in [6, 6.07) is 4.18. The maximum atomic E-state index is 14.0. The van der Waals surface area contributed by atoms with Crippen LogP contribution >= 0.6 is 11.8 Å². The van der Waals surface area contributed by atoms with Crippen molar-refractivity contribution in [2.45, 2.75) is 37.5 Å². The number of fused-ring (bicyclic) bond motifs is 1. The number of anilines is 1. The molecule has 3 rings (SSSR count). The van der Waals surface area contributed by atoms with Crippen LogP contribution in [-0.2, 0) is 19.4 Å². The molecule has 0 bridgehead atoms. The Balaban J connectivity index is 1.88. The third-order valence-electron chi connectivity index (χ3n) is 4.50. The summed E-state index contributed by atoms with van der Waals surface area (Å²) in [6.45, 7) is 1.63. The van der Waals surface area contributed by atoms with Crippen LogP contribution in [0.25, 0.3) is 0 Å². The number of carbonyl (C=O) groups is 2. The highest BCUT2D eigenvalue weighted by molar-refractivity contribution is 8.16. The van der Waals surface area contributed by atoms with E-state index in [2.05, 4.69) is 4.99 Å². The normalized spacial score (nSPS) is 25.0. The molecule has 0 unspecified atom stereocenters. The zero-order valence-corrected chi connectivity index (χ0v) is 16.2. The third kappa shape index (κ3) is 4.49. The fourth-order valence-corrected chi connectivity index (χ4v) is 7.08. The van der Waals surface area contributed by atoms with Gasteiger partial charge in [-0.15, -0.1) is 0 Å². The van der Waals surface area contributed by atoms with E-state index < -0.39 is 33.6 Å². The Morgan fingerprint density at radius 1 is 1.33 bits per heavy atom. The molecule has 7 nitrogen and oxygen atoms in total. The van der Waals surface area contributed by atoms with Crippen LogP contribution in [0.3, 0.4) is 0 Å². The Kier molecular flexibility index (Phi) is 5.57. The van der Waals surface area contributed by atoms with Crippen LogP contribution in [0.1, 0.15) is 24.8 Å². The van der Waals surface area contributed by atoms with Gasteiger partial charge >= 0.3 is 5.97 Å². The Labute approximate surface area is 160 Å². The predicted molar refractivity (Wildman–Crippen MR) is 101 cm³/mol. The fourth-order valence-electron chi connectivity index (χ4n) is 3.15. The maximum absolute atomic E-state index is 14.0. The van der Waals surface area contributed by atoms with Crippen molar-refractivity contribution in [1.29, 1.82) is 0 Å². The van der Waals surface area contributed by atoms with Crippen molar-refractivity contribution >= 4 is 44.3 Å². The molecule has 0 aliphatic carbocycles. The van der Waals surface area contributed by atoms with Gasteiger partial charge in [-0.3, -0.25) is 9.59 Å². The van der Waals surface area contributed by atoms with Crippen LogP contribution in [0.15, 0.2) is 23.2 Å². The lowest BCUT2D eigenvalue weighted by molar-refractivity contribution is -0.137. The monoisotopic (exact) mass is 414 g/mol. The maximum Gasteiger partial charge on any atom is 0.303 e. The van der Waals surface area contributed by atoms with Gasteiger partial charge in [0.2, 0.25) is 5.91 Å². The first-order valence-electron chi connectivity index (χ1n) is 8.42. The van der Waals surface area contributed by atoms with Crippen LogP contribution in [0, 0.1) is 12.7 Å². The number of carboxylic acids is 1. The van der Waals surface area contributed by atoms with Crippen molar-refractivity contribution in [2.24, 2.45) is 4.99 Å². The number of thioether (sulfide) groups is 1. The summed E-state index contributed by atoms with van der Waals surface area (Å²) in [5.74, 6) is -1.97. The molecular formula is C17H19FN2O5S2. The van der Waals surface area contributed by atoms with Crippen molar-refractivity contribution in [3.05, 3.63) is 29.6 Å². The zero-order chi connectivity index (χ0) is 19.8. The SMILES string of the molecule is Cc1ccc(N2C(=NC(=O)CCCC(=O)O)S[C@H]3CS(=O)(=O)C[C@H]32)cc1F. The highest BCUT2D eigenvalue weighted by Crippen LogP contribution is 2.41. The van der Waals surface area contributed by atoms with E-state index in [9.17, 15) is 22.4 Å². The number of rotatable bonds is 5. The molecule has 0 saturated carbocycles. The molecule has 0 radical (unpaired) electrons. The van der Waals surface area contributed by atoms with Crippen LogP contribution in [-0.4, -0.2) is 53.4 Å². The summed E-state index contributed by atoms with van der Waals surface area (Å²) in [5, 5.41) is 8.72. The Bertz CT molecular complexity index is 916. The number of nitrogens with zero attached hydrogens (tertiary/aromatic N) is 2. The number of halogens is 1. The molecule has 2 aliphatic rings. The van der Waals surface area contributed by atoms with Crippen LogP contribution < -0.4 is 4.90 Å². The molecular weight excluding hydrogens is 395 g/mol. The van der Waals surface area contributed by atoms with Gasteiger partial charge < -0.3 is 10.0 Å². The van der Waals surface area contributed by atoms with Crippen molar-refractivity contribution in [3.63, 3.8) is 0 Å². The molecule has 2 fully saturated rings. The standard InChI is InChI=1S/C17H19FN2O5S2/c1-10-5-6-11(7-12(10)18)20-13-8-27(24,25)9-14(13)26-17(20)19-15(21)3-2-4-16(22)23/h5-7,13-14H,2-4,8-9H2,1H3,(H,22,23)/t13-,14+/m1/s1. The van der Waals surface area contributed by atoms with E-state index in [0.717, 1.165) is 0 Å². The number of amides is 1. The molecule has 2 saturated heterocycles. The number of benzene rings is 1. The van der Waals surface area contributed by atoms with Crippen molar-refractivity contribution in [1.82, 2.24) is 0 Å². The number of sulfone groups is 1. The molecule has 1 amide bonds. The average Bonchev–Trinajstić information content (AvgIpc) is 3.00. The van der Waals surface area contributed by atoms with E-state index in [0.29, 0.717) is 16.4 Å². The topological polar surface area (TPSA) is 104 Å². The van der Waals surface area contributed by atoms with Gasteiger partial charge in [-0.05, 0) is 31.0 Å². The second kappa shape index (κ2) is 7.59. The number of carboxylic acid groups (broad SMARTS) is 1. The van der Waals surface area contributed by atoms with Crippen LogP contribution in [0.5, 0.6) is 0 Å². The van der Waals surface area contributed by atoms with E-state index in [1.54, 1.807) is 24.0 Å². The van der Waals surface area contributed by atoms with Gasteiger partial charge in [-0.1, -0.05) is 17.8 Å². The molecule has 1 N–H and O–H groups in total. The van der Waals surface area contributed by atoms with Gasteiger partial charge in [0.25, 0.3) is 0 Å². The van der Waals surface area contributed by atoms with Crippen molar-refractivity contribution < 1.29 is 27.5 Å². The minimum Gasteiger partial charge on any atom is -0.481 e. The molecule has 0 spiro atoms. The molecule has 27 heavy (non-hydrogen) atoms. The molecule has 146 valence electrons. The molecule has 2 aliphatic heterocycles. The zero-order valence-electron chi connectivity index (χ0n) is 14.6. The third-order valence-corrected chi connectivity index (χ3v) is 7.71. The largest absolute Gasteiger partial charge is 0.481 e. The second-order valence-electron chi connectivity index (χ2n) is 6.64. The minimum absolute atomic E-state index is 0.0138. The predicted octanol–water partition coefficient (Wildman–Crippen LogP) is 1.99. The molecule has 2 atom stereocenters. The highest BCUT2D eigenvalue weighted by atomic mass is 32.2. The number of carbonyl (C=O) groups excluding carboxylic acids is 1. The summed E-state index contributed by atoms with van der Waals surface area (Å²) >= 11 is 1.20. The Hall–Kier alpha value is -1.94. The number of aliphatic carboxylic acids is 1. The first-order chi connectivity index (χ1) is 12.7.